The summed E-state index contributed by atoms with van der Waals surface area (Å²) in [6.07, 6.45) is 0.654. The molecule has 0 unspecified atom stereocenters. The Balaban J connectivity index is 1.36. The molecule has 192 valence electrons. The third kappa shape index (κ3) is 4.82. The van der Waals surface area contributed by atoms with Crippen LogP contribution in [0.4, 0.5) is 5.69 Å². The maximum atomic E-state index is 13.3. The summed E-state index contributed by atoms with van der Waals surface area (Å²) in [7, 11) is -3.78. The quantitative estimate of drug-likeness (QED) is 0.477. The number of nitrogens with zero attached hydrogens (tertiary/aromatic N) is 3. The molecule has 2 fully saturated rings. The third-order valence-corrected chi connectivity index (χ3v) is 9.37. The first-order valence-electron chi connectivity index (χ1n) is 11.9. The Morgan fingerprint density at radius 1 is 0.944 bits per heavy atom. The summed E-state index contributed by atoms with van der Waals surface area (Å²) in [6, 6.07) is 10.1. The zero-order valence-corrected chi connectivity index (χ0v) is 22.2. The second-order valence-corrected chi connectivity index (χ2v) is 11.7. The second-order valence-electron chi connectivity index (χ2n) is 8.96. The number of sulfonamides is 1. The number of halogens is 2. The number of fused-ring (bicyclic) bond motifs is 1. The SMILES string of the molecule is Cc1c(N2CCCN(S(=O)(=O)c3cc(Cl)ccc3Cl)CC2)ccc2oc(C(=O)N3CCOCC3)cc12. The van der Waals surface area contributed by atoms with Crippen LogP contribution in [0.3, 0.4) is 0 Å². The molecule has 0 bridgehead atoms. The molecule has 2 aliphatic rings. The lowest BCUT2D eigenvalue weighted by atomic mass is 10.1. The number of carbonyl (C=O) groups is 1. The molecule has 2 saturated heterocycles. The van der Waals surface area contributed by atoms with Crippen LogP contribution >= 0.6 is 23.2 Å². The van der Waals surface area contributed by atoms with Crippen LogP contribution in [0.25, 0.3) is 11.0 Å². The number of benzene rings is 2. The summed E-state index contributed by atoms with van der Waals surface area (Å²) in [5, 5.41) is 1.36. The van der Waals surface area contributed by atoms with Crippen LogP contribution in [-0.4, -0.2) is 76.0 Å². The van der Waals surface area contributed by atoms with Crippen molar-refractivity contribution in [3.8, 4) is 0 Å². The van der Waals surface area contributed by atoms with Crippen LogP contribution in [0.5, 0.6) is 0 Å². The van der Waals surface area contributed by atoms with Crippen molar-refractivity contribution < 1.29 is 22.4 Å². The lowest BCUT2D eigenvalue weighted by molar-refractivity contribution is 0.0284. The maximum Gasteiger partial charge on any atom is 0.289 e. The number of hydrogen-bond acceptors (Lipinski definition) is 6. The van der Waals surface area contributed by atoms with Gasteiger partial charge in [0.05, 0.1) is 18.2 Å². The topological polar surface area (TPSA) is 83.3 Å². The number of furan rings is 1. The summed E-state index contributed by atoms with van der Waals surface area (Å²) < 4.78 is 39.3. The first kappa shape index (κ1) is 25.4. The van der Waals surface area contributed by atoms with E-state index in [0.717, 1.165) is 16.6 Å². The second kappa shape index (κ2) is 10.2. The standard InChI is InChI=1S/C25H27Cl2N3O5S/c1-17-19-16-23(25(31)29-11-13-34-14-12-29)35-22(19)6-5-21(17)28-7-2-8-30(10-9-28)36(32,33)24-15-18(26)3-4-20(24)27/h3-6,15-16H,2,7-14H2,1H3. The number of hydrogen-bond donors (Lipinski definition) is 0. The molecule has 1 aromatic heterocycles. The van der Waals surface area contributed by atoms with Gasteiger partial charge in [-0.05, 0) is 55.3 Å². The van der Waals surface area contributed by atoms with E-state index in [1.165, 1.54) is 16.4 Å². The molecular formula is C25H27Cl2N3O5S. The van der Waals surface area contributed by atoms with E-state index in [9.17, 15) is 13.2 Å². The number of morpholine rings is 1. The number of carbonyl (C=O) groups excluding carboxylic acids is 1. The number of amides is 1. The number of ether oxygens (including phenoxy) is 1. The van der Waals surface area contributed by atoms with Crippen LogP contribution in [0.2, 0.25) is 10.0 Å². The van der Waals surface area contributed by atoms with Crippen LogP contribution < -0.4 is 4.90 Å². The first-order chi connectivity index (χ1) is 17.3. The average Bonchev–Trinajstić information content (AvgIpc) is 3.16. The van der Waals surface area contributed by atoms with Crippen molar-refractivity contribution >= 4 is 55.8 Å². The Hall–Kier alpha value is -2.30. The van der Waals surface area contributed by atoms with Crippen molar-refractivity contribution in [2.24, 2.45) is 0 Å². The van der Waals surface area contributed by atoms with E-state index in [4.69, 9.17) is 32.4 Å². The highest BCUT2D eigenvalue weighted by atomic mass is 35.5. The van der Waals surface area contributed by atoms with E-state index in [2.05, 4.69) is 4.90 Å². The van der Waals surface area contributed by atoms with E-state index < -0.39 is 10.0 Å². The summed E-state index contributed by atoms with van der Waals surface area (Å²) in [5.74, 6) is 0.185. The maximum absolute atomic E-state index is 13.3. The molecule has 3 aromatic rings. The molecule has 2 aliphatic heterocycles. The fourth-order valence-corrected chi connectivity index (χ4v) is 7.01. The van der Waals surface area contributed by atoms with E-state index in [0.29, 0.717) is 75.3 Å². The highest BCUT2D eigenvalue weighted by molar-refractivity contribution is 7.89. The van der Waals surface area contributed by atoms with Gasteiger partial charge in [-0.1, -0.05) is 23.2 Å². The normalized spacial score (nSPS) is 18.0. The molecule has 3 heterocycles. The van der Waals surface area contributed by atoms with Gasteiger partial charge in [0.1, 0.15) is 10.5 Å². The van der Waals surface area contributed by atoms with Gasteiger partial charge in [0.2, 0.25) is 10.0 Å². The molecule has 0 radical (unpaired) electrons. The minimum Gasteiger partial charge on any atom is -0.451 e. The minimum absolute atomic E-state index is 0.0265. The number of anilines is 1. The fraction of sp³-hybridized carbons (Fsp3) is 0.400. The molecule has 36 heavy (non-hydrogen) atoms. The molecule has 0 saturated carbocycles. The molecular weight excluding hydrogens is 525 g/mol. The molecule has 0 spiro atoms. The smallest absolute Gasteiger partial charge is 0.289 e. The Bertz CT molecular complexity index is 1400. The highest BCUT2D eigenvalue weighted by Gasteiger charge is 2.30. The van der Waals surface area contributed by atoms with E-state index in [1.807, 2.05) is 25.1 Å². The van der Waals surface area contributed by atoms with Gasteiger partial charge in [-0.2, -0.15) is 4.31 Å². The fourth-order valence-electron chi connectivity index (χ4n) is 4.80. The van der Waals surface area contributed by atoms with Crippen molar-refractivity contribution in [1.82, 2.24) is 9.21 Å². The Morgan fingerprint density at radius 3 is 2.50 bits per heavy atom. The predicted molar refractivity (Wildman–Crippen MR) is 140 cm³/mol. The number of aryl methyl sites for hydroxylation is 1. The lowest BCUT2D eigenvalue weighted by Crippen LogP contribution is -2.40. The van der Waals surface area contributed by atoms with Gasteiger partial charge in [0, 0.05) is 55.4 Å². The van der Waals surface area contributed by atoms with Gasteiger partial charge in [0.25, 0.3) is 5.91 Å². The van der Waals surface area contributed by atoms with Crippen molar-refractivity contribution in [2.75, 3.05) is 57.4 Å². The zero-order chi connectivity index (χ0) is 25.4. The number of rotatable bonds is 4. The molecule has 5 rings (SSSR count). The van der Waals surface area contributed by atoms with E-state index >= 15 is 0 Å². The van der Waals surface area contributed by atoms with E-state index in [1.54, 1.807) is 11.0 Å². The third-order valence-electron chi connectivity index (χ3n) is 6.76. The van der Waals surface area contributed by atoms with Crippen LogP contribution in [0, 0.1) is 6.92 Å². The van der Waals surface area contributed by atoms with Crippen molar-refractivity contribution in [2.45, 2.75) is 18.2 Å². The van der Waals surface area contributed by atoms with Crippen LogP contribution in [-0.2, 0) is 14.8 Å². The Morgan fingerprint density at radius 2 is 1.72 bits per heavy atom. The molecule has 1 amide bonds. The summed E-state index contributed by atoms with van der Waals surface area (Å²) in [6.45, 7) is 6.06. The molecule has 11 heteroatoms. The average molecular weight is 552 g/mol. The van der Waals surface area contributed by atoms with Crippen LogP contribution in [0.1, 0.15) is 22.5 Å². The zero-order valence-electron chi connectivity index (χ0n) is 19.9. The van der Waals surface area contributed by atoms with Gasteiger partial charge in [-0.3, -0.25) is 4.79 Å². The Labute approximate surface area is 220 Å². The van der Waals surface area contributed by atoms with Gasteiger partial charge >= 0.3 is 0 Å². The van der Waals surface area contributed by atoms with Crippen molar-refractivity contribution in [3.05, 3.63) is 57.8 Å². The summed E-state index contributed by atoms with van der Waals surface area (Å²) in [5.41, 5.74) is 2.64. The minimum atomic E-state index is -3.78. The molecule has 8 nitrogen and oxygen atoms in total. The first-order valence-corrected chi connectivity index (χ1v) is 14.1. The largest absolute Gasteiger partial charge is 0.451 e. The predicted octanol–water partition coefficient (Wildman–Crippen LogP) is 4.42. The van der Waals surface area contributed by atoms with E-state index in [-0.39, 0.29) is 15.8 Å². The molecule has 0 aliphatic carbocycles. The summed E-state index contributed by atoms with van der Waals surface area (Å²) in [4.78, 5) is 16.8. The van der Waals surface area contributed by atoms with Crippen LogP contribution in [0.15, 0.2) is 45.7 Å². The Kier molecular flexibility index (Phi) is 7.20. The van der Waals surface area contributed by atoms with Gasteiger partial charge in [-0.25, -0.2) is 8.42 Å². The molecule has 0 N–H and O–H groups in total. The van der Waals surface area contributed by atoms with Gasteiger partial charge in [-0.15, -0.1) is 0 Å². The monoisotopic (exact) mass is 551 g/mol. The summed E-state index contributed by atoms with van der Waals surface area (Å²) >= 11 is 12.2. The molecule has 2 aromatic carbocycles. The van der Waals surface area contributed by atoms with Crippen molar-refractivity contribution in [1.29, 1.82) is 0 Å². The van der Waals surface area contributed by atoms with Gasteiger partial charge in [0.15, 0.2) is 5.76 Å². The lowest BCUT2D eigenvalue weighted by Gasteiger charge is -2.25. The van der Waals surface area contributed by atoms with Crippen molar-refractivity contribution in [3.63, 3.8) is 0 Å². The molecule has 0 atom stereocenters. The highest BCUT2D eigenvalue weighted by Crippen LogP contribution is 2.33. The van der Waals surface area contributed by atoms with Gasteiger partial charge < -0.3 is 19.0 Å².